The van der Waals surface area contributed by atoms with Crippen molar-refractivity contribution in [3.63, 3.8) is 0 Å². The summed E-state index contributed by atoms with van der Waals surface area (Å²) in [4.78, 5) is 12.8. The lowest BCUT2D eigenvalue weighted by Crippen LogP contribution is -2.29. The van der Waals surface area contributed by atoms with Gasteiger partial charge in [0.2, 0.25) is 0 Å². The highest BCUT2D eigenvalue weighted by Gasteiger charge is 2.09. The number of hydrogen-bond donors (Lipinski definition) is 1. The van der Waals surface area contributed by atoms with E-state index in [9.17, 15) is 9.90 Å². The maximum Gasteiger partial charge on any atom is 0.157 e. The number of ether oxygens (including phenoxy) is 2. The van der Waals surface area contributed by atoms with E-state index in [1.165, 1.54) is 116 Å². The number of unbranched alkanes of at least 4 members (excludes halogenated alkanes) is 19. The average molecular weight is 556 g/mol. The number of carbonyl (C=O) groups is 1. The fourth-order valence-corrected chi connectivity index (χ4v) is 5.16. The largest absolute Gasteiger partial charge is 0.395 e. The Morgan fingerprint density at radius 2 is 1.00 bits per heavy atom. The fourth-order valence-electron chi connectivity index (χ4n) is 5.16. The van der Waals surface area contributed by atoms with Gasteiger partial charge in [0.25, 0.3) is 0 Å². The van der Waals surface area contributed by atoms with Gasteiger partial charge in [0.15, 0.2) is 6.29 Å². The van der Waals surface area contributed by atoms with Crippen LogP contribution in [0.4, 0.5) is 0 Å². The number of aliphatic hydroxyl groups is 1. The third-order valence-electron chi connectivity index (χ3n) is 7.73. The maximum atomic E-state index is 10.4. The van der Waals surface area contributed by atoms with Crippen molar-refractivity contribution in [3.8, 4) is 0 Å². The van der Waals surface area contributed by atoms with Crippen molar-refractivity contribution in [2.75, 3.05) is 39.5 Å². The summed E-state index contributed by atoms with van der Waals surface area (Å²) in [5.74, 6) is 0. The highest BCUT2D eigenvalue weighted by molar-refractivity contribution is 5.48. The molecule has 234 valence electrons. The van der Waals surface area contributed by atoms with Crippen LogP contribution in [0.2, 0.25) is 0 Å². The predicted octanol–water partition coefficient (Wildman–Crippen LogP) is 9.24. The minimum Gasteiger partial charge on any atom is -0.395 e. The van der Waals surface area contributed by atoms with E-state index in [0.29, 0.717) is 6.42 Å². The van der Waals surface area contributed by atoms with Crippen LogP contribution < -0.4 is 0 Å². The third kappa shape index (κ3) is 30.3. The zero-order valence-corrected chi connectivity index (χ0v) is 26.5. The van der Waals surface area contributed by atoms with Gasteiger partial charge < -0.3 is 24.3 Å². The molecular formula is C34H69NO4. The van der Waals surface area contributed by atoms with Crippen LogP contribution >= 0.6 is 0 Å². The zero-order valence-electron chi connectivity index (χ0n) is 26.5. The van der Waals surface area contributed by atoms with E-state index in [1.54, 1.807) is 0 Å². The molecule has 39 heavy (non-hydrogen) atoms. The molecule has 0 aromatic rings. The molecule has 0 aliphatic rings. The second-order valence-electron chi connectivity index (χ2n) is 11.6. The molecule has 0 rings (SSSR count). The predicted molar refractivity (Wildman–Crippen MR) is 167 cm³/mol. The fraction of sp³-hybridized carbons (Fsp3) is 0.971. The Hall–Kier alpha value is -0.490. The molecule has 0 spiro atoms. The highest BCUT2D eigenvalue weighted by Crippen LogP contribution is 2.15. The summed E-state index contributed by atoms with van der Waals surface area (Å²) in [5, 5.41) is 9.39. The minimum atomic E-state index is -0.00352. The molecule has 0 saturated carbocycles. The lowest BCUT2D eigenvalue weighted by Gasteiger charge is -2.21. The van der Waals surface area contributed by atoms with Crippen LogP contribution in [0.25, 0.3) is 0 Å². The van der Waals surface area contributed by atoms with E-state index >= 15 is 0 Å². The van der Waals surface area contributed by atoms with Gasteiger partial charge in [-0.2, -0.15) is 0 Å². The van der Waals surface area contributed by atoms with Gasteiger partial charge in [-0.1, -0.05) is 117 Å². The lowest BCUT2D eigenvalue weighted by atomic mass is 10.1. The number of carbonyl (C=O) groups excluding carboxylic acids is 1. The van der Waals surface area contributed by atoms with E-state index in [2.05, 4.69) is 18.7 Å². The zero-order chi connectivity index (χ0) is 28.5. The lowest BCUT2D eigenvalue weighted by molar-refractivity contribution is -0.148. The summed E-state index contributed by atoms with van der Waals surface area (Å²) >= 11 is 0. The molecule has 0 amide bonds. The first kappa shape index (κ1) is 38.5. The number of rotatable bonds is 34. The Labute approximate surface area is 244 Å². The van der Waals surface area contributed by atoms with Crippen molar-refractivity contribution >= 4 is 6.29 Å². The smallest absolute Gasteiger partial charge is 0.157 e. The van der Waals surface area contributed by atoms with Crippen molar-refractivity contribution in [1.82, 2.24) is 4.90 Å². The van der Waals surface area contributed by atoms with Gasteiger partial charge in [0.1, 0.15) is 6.29 Å². The minimum absolute atomic E-state index is 0.00352. The molecular weight excluding hydrogens is 486 g/mol. The molecule has 0 atom stereocenters. The Bertz CT molecular complexity index is 446. The first-order chi connectivity index (χ1) is 19.3. The summed E-state index contributed by atoms with van der Waals surface area (Å²) in [6, 6.07) is 0. The SMILES string of the molecule is CCCCCCCOC(CCCCCCCCCN(CCO)CCCCCCCC=O)OCCCCCCC. The molecule has 0 aliphatic heterocycles. The van der Waals surface area contributed by atoms with Gasteiger partial charge in [0, 0.05) is 26.2 Å². The summed E-state index contributed by atoms with van der Waals surface area (Å²) < 4.78 is 12.3. The van der Waals surface area contributed by atoms with Crippen molar-refractivity contribution in [2.45, 2.75) is 174 Å². The first-order valence-corrected chi connectivity index (χ1v) is 17.3. The number of aliphatic hydroxyl groups excluding tert-OH is 1. The Balaban J connectivity index is 3.87. The molecule has 0 saturated heterocycles. The number of aldehydes is 1. The first-order valence-electron chi connectivity index (χ1n) is 17.3. The van der Waals surface area contributed by atoms with Crippen molar-refractivity contribution in [2.24, 2.45) is 0 Å². The van der Waals surface area contributed by atoms with Crippen LogP contribution in [0.1, 0.15) is 168 Å². The Morgan fingerprint density at radius 3 is 1.49 bits per heavy atom. The normalized spacial score (nSPS) is 11.7. The standard InChI is InChI=1S/C34H69NO4/c1-3-5-7-18-24-32-38-34(39-33-25-19-8-6-4-2)26-20-14-10-9-11-15-21-27-35(29-31-37)28-22-16-12-13-17-23-30-36/h30,34,37H,3-29,31-33H2,1-2H3. The second kappa shape index (κ2) is 33.7. The van der Waals surface area contributed by atoms with Crippen LogP contribution in [0.15, 0.2) is 0 Å². The molecule has 5 nitrogen and oxygen atoms in total. The van der Waals surface area contributed by atoms with E-state index in [0.717, 1.165) is 71.2 Å². The number of hydrogen-bond acceptors (Lipinski definition) is 5. The van der Waals surface area contributed by atoms with Gasteiger partial charge in [-0.15, -0.1) is 0 Å². The molecule has 0 radical (unpaired) electrons. The van der Waals surface area contributed by atoms with E-state index in [1.807, 2.05) is 0 Å². The summed E-state index contributed by atoms with van der Waals surface area (Å²) in [7, 11) is 0. The monoisotopic (exact) mass is 556 g/mol. The second-order valence-corrected chi connectivity index (χ2v) is 11.6. The molecule has 0 bridgehead atoms. The van der Waals surface area contributed by atoms with E-state index in [4.69, 9.17) is 9.47 Å². The Kier molecular flexibility index (Phi) is 33.3. The Morgan fingerprint density at radius 1 is 0.564 bits per heavy atom. The van der Waals surface area contributed by atoms with Gasteiger partial charge >= 0.3 is 0 Å². The van der Waals surface area contributed by atoms with Gasteiger partial charge in [-0.05, 0) is 58.0 Å². The molecule has 0 aromatic carbocycles. The van der Waals surface area contributed by atoms with Crippen molar-refractivity contribution < 1.29 is 19.4 Å². The van der Waals surface area contributed by atoms with Crippen molar-refractivity contribution in [3.05, 3.63) is 0 Å². The maximum absolute atomic E-state index is 10.4. The van der Waals surface area contributed by atoms with E-state index in [-0.39, 0.29) is 12.9 Å². The third-order valence-corrected chi connectivity index (χ3v) is 7.73. The van der Waals surface area contributed by atoms with Gasteiger partial charge in [-0.3, -0.25) is 0 Å². The molecule has 0 fully saturated rings. The van der Waals surface area contributed by atoms with Crippen LogP contribution in [0, 0.1) is 0 Å². The molecule has 5 heteroatoms. The molecule has 0 unspecified atom stereocenters. The van der Waals surface area contributed by atoms with Crippen molar-refractivity contribution in [1.29, 1.82) is 0 Å². The molecule has 0 heterocycles. The number of nitrogens with zero attached hydrogens (tertiary/aromatic N) is 1. The summed E-state index contributed by atoms with van der Waals surface area (Å²) in [6.07, 6.45) is 30.4. The molecule has 1 N–H and O–H groups in total. The van der Waals surface area contributed by atoms with Gasteiger partial charge in [0.05, 0.1) is 6.61 Å². The highest BCUT2D eigenvalue weighted by atomic mass is 16.7. The van der Waals surface area contributed by atoms with Gasteiger partial charge in [-0.25, -0.2) is 0 Å². The van der Waals surface area contributed by atoms with Crippen LogP contribution in [0.5, 0.6) is 0 Å². The molecule has 0 aliphatic carbocycles. The average Bonchev–Trinajstić information content (AvgIpc) is 2.94. The van der Waals surface area contributed by atoms with E-state index < -0.39 is 0 Å². The quantitative estimate of drug-likeness (QED) is 0.0487. The molecule has 0 aromatic heterocycles. The summed E-state index contributed by atoms with van der Waals surface area (Å²) in [5.41, 5.74) is 0. The summed E-state index contributed by atoms with van der Waals surface area (Å²) in [6.45, 7) is 9.48. The van der Waals surface area contributed by atoms with Crippen LogP contribution in [-0.4, -0.2) is 62.0 Å². The van der Waals surface area contributed by atoms with Crippen LogP contribution in [0.3, 0.4) is 0 Å². The topological polar surface area (TPSA) is 59.0 Å². The van der Waals surface area contributed by atoms with Crippen LogP contribution in [-0.2, 0) is 14.3 Å².